The molecular weight excluding hydrogens is 297 g/mol. The molecule has 0 amide bonds. The molecule has 1 heterocycles. The van der Waals surface area contributed by atoms with Crippen molar-refractivity contribution in [2.45, 2.75) is 25.9 Å². The number of hydrogen-bond donors (Lipinski definition) is 0. The first-order valence-electron chi connectivity index (χ1n) is 6.92. The van der Waals surface area contributed by atoms with E-state index >= 15 is 0 Å². The zero-order valence-electron chi connectivity index (χ0n) is 11.6. The van der Waals surface area contributed by atoms with Gasteiger partial charge in [-0.05, 0) is 38.0 Å². The topological polar surface area (TPSA) is 29.5 Å². The molecule has 3 nitrogen and oxygen atoms in total. The molecule has 2 rings (SSSR count). The molecule has 0 aliphatic carbocycles. The second-order valence-electron chi connectivity index (χ2n) is 4.98. The molecule has 0 bridgehead atoms. The van der Waals surface area contributed by atoms with Gasteiger partial charge in [0.2, 0.25) is 0 Å². The predicted molar refractivity (Wildman–Crippen MR) is 81.9 cm³/mol. The van der Waals surface area contributed by atoms with Crippen LogP contribution >= 0.6 is 23.2 Å². The number of hydrogen-bond acceptors (Lipinski definition) is 3. The van der Waals surface area contributed by atoms with Gasteiger partial charge in [0.25, 0.3) is 0 Å². The highest BCUT2D eigenvalue weighted by Gasteiger charge is 2.22. The van der Waals surface area contributed by atoms with E-state index in [0.29, 0.717) is 28.3 Å². The van der Waals surface area contributed by atoms with Crippen LogP contribution in [-0.4, -0.2) is 43.0 Å². The number of Topliss-reactive ketones (excluding diaryl/α,β-unsaturated/α-hetero) is 1. The average molecular weight is 316 g/mol. The predicted octanol–water partition coefficient (Wildman–Crippen LogP) is 3.68. The van der Waals surface area contributed by atoms with Gasteiger partial charge in [-0.15, -0.1) is 0 Å². The summed E-state index contributed by atoms with van der Waals surface area (Å²) in [4.78, 5) is 14.4. The van der Waals surface area contributed by atoms with Crippen LogP contribution in [0.15, 0.2) is 18.2 Å². The minimum Gasteiger partial charge on any atom is -0.378 e. The molecule has 1 aromatic rings. The van der Waals surface area contributed by atoms with E-state index in [1.165, 1.54) is 0 Å². The number of piperidine rings is 1. The van der Waals surface area contributed by atoms with Gasteiger partial charge in [-0.2, -0.15) is 0 Å². The molecule has 0 N–H and O–H groups in total. The van der Waals surface area contributed by atoms with Crippen LogP contribution in [0.5, 0.6) is 0 Å². The summed E-state index contributed by atoms with van der Waals surface area (Å²) in [6.45, 7) is 4.92. The normalized spacial score (nSPS) is 17.4. The van der Waals surface area contributed by atoms with Crippen LogP contribution in [0.2, 0.25) is 10.0 Å². The summed E-state index contributed by atoms with van der Waals surface area (Å²) in [6, 6.07) is 4.99. The zero-order chi connectivity index (χ0) is 14.5. The molecule has 110 valence electrons. The van der Waals surface area contributed by atoms with Crippen molar-refractivity contribution in [3.05, 3.63) is 33.8 Å². The van der Waals surface area contributed by atoms with E-state index < -0.39 is 0 Å². The Morgan fingerprint density at radius 2 is 2.05 bits per heavy atom. The van der Waals surface area contributed by atoms with Gasteiger partial charge in [-0.25, -0.2) is 0 Å². The van der Waals surface area contributed by atoms with Gasteiger partial charge in [0.1, 0.15) is 0 Å². The van der Waals surface area contributed by atoms with Gasteiger partial charge >= 0.3 is 0 Å². The minimum atomic E-state index is 0.0207. The highest BCUT2D eigenvalue weighted by Crippen LogP contribution is 2.22. The molecule has 0 saturated carbocycles. The molecule has 0 atom stereocenters. The lowest BCUT2D eigenvalue weighted by Gasteiger charge is -2.31. The Bertz CT molecular complexity index is 471. The van der Waals surface area contributed by atoms with E-state index in [0.717, 1.165) is 32.5 Å². The van der Waals surface area contributed by atoms with Crippen molar-refractivity contribution in [3.63, 3.8) is 0 Å². The fraction of sp³-hybridized carbons (Fsp3) is 0.533. The van der Waals surface area contributed by atoms with Crippen molar-refractivity contribution >= 4 is 29.0 Å². The standard InChI is InChI=1S/C15H19Cl2NO2/c1-2-20-12-5-7-18(8-6-12)10-15(19)13-9-11(16)3-4-14(13)17/h3-4,9,12H,2,5-8,10H2,1H3. The number of benzene rings is 1. The number of nitrogens with zero attached hydrogens (tertiary/aromatic N) is 1. The molecule has 1 saturated heterocycles. The third-order valence-corrected chi connectivity index (χ3v) is 4.10. The highest BCUT2D eigenvalue weighted by atomic mass is 35.5. The molecule has 1 aliphatic rings. The van der Waals surface area contributed by atoms with Crippen molar-refractivity contribution in [2.24, 2.45) is 0 Å². The van der Waals surface area contributed by atoms with E-state index in [9.17, 15) is 4.79 Å². The van der Waals surface area contributed by atoms with Gasteiger partial charge in [0, 0.05) is 30.3 Å². The first kappa shape index (κ1) is 15.8. The van der Waals surface area contributed by atoms with Gasteiger partial charge < -0.3 is 4.74 Å². The number of ketones is 1. The quantitative estimate of drug-likeness (QED) is 0.776. The Kier molecular flexibility index (Phi) is 5.85. The molecular formula is C15H19Cl2NO2. The molecule has 5 heteroatoms. The number of halogens is 2. The fourth-order valence-electron chi connectivity index (χ4n) is 2.47. The van der Waals surface area contributed by atoms with Crippen LogP contribution in [0.4, 0.5) is 0 Å². The third-order valence-electron chi connectivity index (χ3n) is 3.53. The molecule has 1 aliphatic heterocycles. The summed E-state index contributed by atoms with van der Waals surface area (Å²) >= 11 is 12.0. The second-order valence-corrected chi connectivity index (χ2v) is 5.82. The molecule has 20 heavy (non-hydrogen) atoms. The Morgan fingerprint density at radius 1 is 1.35 bits per heavy atom. The average Bonchev–Trinajstić information content (AvgIpc) is 2.44. The summed E-state index contributed by atoms with van der Waals surface area (Å²) in [5, 5.41) is 0.997. The Balaban J connectivity index is 1.91. The lowest BCUT2D eigenvalue weighted by atomic mass is 10.1. The summed E-state index contributed by atoms with van der Waals surface area (Å²) < 4.78 is 5.61. The van der Waals surface area contributed by atoms with Crippen LogP contribution < -0.4 is 0 Å². The van der Waals surface area contributed by atoms with Gasteiger partial charge in [-0.1, -0.05) is 23.2 Å². The fourth-order valence-corrected chi connectivity index (χ4v) is 2.86. The van der Waals surface area contributed by atoms with Crippen LogP contribution in [0, 0.1) is 0 Å². The number of carbonyl (C=O) groups excluding carboxylic acids is 1. The third kappa shape index (κ3) is 4.19. The number of carbonyl (C=O) groups is 1. The molecule has 0 unspecified atom stereocenters. The van der Waals surface area contributed by atoms with Crippen molar-refractivity contribution < 1.29 is 9.53 Å². The Labute approximate surface area is 129 Å². The first-order chi connectivity index (χ1) is 9.60. The molecule has 0 aromatic heterocycles. The minimum absolute atomic E-state index is 0.0207. The van der Waals surface area contributed by atoms with Crippen molar-refractivity contribution in [1.29, 1.82) is 0 Å². The van der Waals surface area contributed by atoms with E-state index in [1.807, 2.05) is 6.92 Å². The zero-order valence-corrected chi connectivity index (χ0v) is 13.1. The van der Waals surface area contributed by atoms with E-state index in [4.69, 9.17) is 27.9 Å². The summed E-state index contributed by atoms with van der Waals surface area (Å²) in [5.74, 6) is 0.0207. The molecule has 0 radical (unpaired) electrons. The number of ether oxygens (including phenoxy) is 1. The SMILES string of the molecule is CCOC1CCN(CC(=O)c2cc(Cl)ccc2Cl)CC1. The number of rotatable bonds is 5. The largest absolute Gasteiger partial charge is 0.378 e. The lowest BCUT2D eigenvalue weighted by Crippen LogP contribution is -2.39. The van der Waals surface area contributed by atoms with Crippen molar-refractivity contribution in [3.8, 4) is 0 Å². The van der Waals surface area contributed by atoms with Gasteiger partial charge in [-0.3, -0.25) is 9.69 Å². The Morgan fingerprint density at radius 3 is 2.70 bits per heavy atom. The molecule has 1 fully saturated rings. The maximum absolute atomic E-state index is 12.3. The summed E-state index contributed by atoms with van der Waals surface area (Å²) in [5.41, 5.74) is 0.506. The summed E-state index contributed by atoms with van der Waals surface area (Å²) in [6.07, 6.45) is 2.29. The van der Waals surface area contributed by atoms with Gasteiger partial charge in [0.15, 0.2) is 5.78 Å². The van der Waals surface area contributed by atoms with E-state index in [2.05, 4.69) is 4.90 Å². The smallest absolute Gasteiger partial charge is 0.178 e. The van der Waals surface area contributed by atoms with Gasteiger partial charge in [0.05, 0.1) is 17.7 Å². The molecule has 0 spiro atoms. The molecule has 1 aromatic carbocycles. The Hall–Kier alpha value is -0.610. The lowest BCUT2D eigenvalue weighted by molar-refractivity contribution is 0.0147. The van der Waals surface area contributed by atoms with E-state index in [-0.39, 0.29) is 5.78 Å². The maximum Gasteiger partial charge on any atom is 0.178 e. The van der Waals surface area contributed by atoms with Crippen LogP contribution in [0.1, 0.15) is 30.1 Å². The van der Waals surface area contributed by atoms with Crippen LogP contribution in [0.25, 0.3) is 0 Å². The second kappa shape index (κ2) is 7.41. The number of likely N-dealkylation sites (tertiary alicyclic amines) is 1. The van der Waals surface area contributed by atoms with E-state index in [1.54, 1.807) is 18.2 Å². The van der Waals surface area contributed by atoms with Crippen LogP contribution in [-0.2, 0) is 4.74 Å². The van der Waals surface area contributed by atoms with Crippen molar-refractivity contribution in [1.82, 2.24) is 4.90 Å². The monoisotopic (exact) mass is 315 g/mol. The first-order valence-corrected chi connectivity index (χ1v) is 7.68. The van der Waals surface area contributed by atoms with Crippen molar-refractivity contribution in [2.75, 3.05) is 26.2 Å². The highest BCUT2D eigenvalue weighted by molar-refractivity contribution is 6.36. The van der Waals surface area contributed by atoms with Crippen LogP contribution in [0.3, 0.4) is 0 Å². The summed E-state index contributed by atoms with van der Waals surface area (Å²) in [7, 11) is 0. The maximum atomic E-state index is 12.3.